The molecule has 0 fully saturated rings. The van der Waals surface area contributed by atoms with E-state index in [0.717, 1.165) is 5.52 Å². The van der Waals surface area contributed by atoms with E-state index in [0.29, 0.717) is 5.92 Å². The fourth-order valence-electron chi connectivity index (χ4n) is 1.36. The Labute approximate surface area is 89.8 Å². The summed E-state index contributed by atoms with van der Waals surface area (Å²) in [5, 5.41) is 0. The van der Waals surface area contributed by atoms with Gasteiger partial charge in [0.15, 0.2) is 0 Å². The first-order valence-corrected chi connectivity index (χ1v) is 5.99. The lowest BCUT2D eigenvalue weighted by molar-refractivity contribution is 0.878. The largest absolute Gasteiger partial charge is 0.245 e. The van der Waals surface area contributed by atoms with Gasteiger partial charge < -0.3 is 0 Å². The van der Waals surface area contributed by atoms with E-state index in [1.807, 2.05) is 19.4 Å². The molecule has 0 aliphatic carbocycles. The lowest BCUT2D eigenvalue weighted by atomic mass is 10.0. The maximum Gasteiger partial charge on any atom is 0.0814 e. The third kappa shape index (κ3) is 2.13. The van der Waals surface area contributed by atoms with Gasteiger partial charge in [0.05, 0.1) is 15.7 Å². The topological polar surface area (TPSA) is 12.9 Å². The van der Waals surface area contributed by atoms with Crippen LogP contribution in [0, 0.1) is 0 Å². The van der Waals surface area contributed by atoms with Gasteiger partial charge >= 0.3 is 0 Å². The molecule has 1 heterocycles. The van der Waals surface area contributed by atoms with Crippen LogP contribution >= 0.6 is 11.3 Å². The normalized spacial score (nSPS) is 10.1. The van der Waals surface area contributed by atoms with Crippen LogP contribution in [0.2, 0.25) is 0 Å². The fourth-order valence-corrected chi connectivity index (χ4v) is 2.32. The van der Waals surface area contributed by atoms with Gasteiger partial charge in [-0.1, -0.05) is 39.8 Å². The van der Waals surface area contributed by atoms with Crippen LogP contribution in [0.3, 0.4) is 0 Å². The van der Waals surface area contributed by atoms with Crippen LogP contribution in [0.25, 0.3) is 10.2 Å². The van der Waals surface area contributed by atoms with E-state index in [-0.39, 0.29) is 0 Å². The molecule has 1 aromatic carbocycles. The molecule has 2 heteroatoms. The van der Waals surface area contributed by atoms with Gasteiger partial charge in [-0.05, 0) is 17.5 Å². The summed E-state index contributed by atoms with van der Waals surface area (Å²) in [7, 11) is 0. The number of rotatable bonds is 1. The molecule has 0 aliphatic rings. The quantitative estimate of drug-likeness (QED) is 0.673. The summed E-state index contributed by atoms with van der Waals surface area (Å²) in [5.41, 5.74) is 4.46. The Bertz CT molecular complexity index is 390. The maximum absolute atomic E-state index is 4.28. The maximum atomic E-state index is 4.28. The predicted molar refractivity (Wildman–Crippen MR) is 65.1 cm³/mol. The summed E-state index contributed by atoms with van der Waals surface area (Å²) in [5.74, 6) is 0.592. The van der Waals surface area contributed by atoms with Crippen LogP contribution in [0.15, 0.2) is 23.7 Å². The van der Waals surface area contributed by atoms with Crippen LogP contribution in [0.1, 0.15) is 39.2 Å². The number of benzene rings is 1. The minimum atomic E-state index is 0.592. The van der Waals surface area contributed by atoms with Crippen LogP contribution in [0.5, 0.6) is 0 Å². The first kappa shape index (κ1) is 11.2. The average molecular weight is 207 g/mol. The molecular formula is C12H17NS. The van der Waals surface area contributed by atoms with Gasteiger partial charge in [-0.15, -0.1) is 11.3 Å². The van der Waals surface area contributed by atoms with E-state index in [4.69, 9.17) is 0 Å². The van der Waals surface area contributed by atoms with Gasteiger partial charge in [0.1, 0.15) is 0 Å². The Hall–Kier alpha value is -0.890. The molecular weight excluding hydrogens is 190 g/mol. The second-order valence-corrected chi connectivity index (χ2v) is 4.06. The standard InChI is InChI=1S/C10H11NS.C2H6/c1-7(2)8-4-3-5-9-10(8)12-6-11-9;1-2/h3-7H,1-2H3;1-2H3. The molecule has 0 saturated heterocycles. The van der Waals surface area contributed by atoms with Crippen molar-refractivity contribution in [3.8, 4) is 0 Å². The molecule has 2 rings (SSSR count). The first-order valence-electron chi connectivity index (χ1n) is 5.11. The molecule has 0 aliphatic heterocycles. The van der Waals surface area contributed by atoms with E-state index in [2.05, 4.69) is 37.0 Å². The van der Waals surface area contributed by atoms with E-state index in [9.17, 15) is 0 Å². The fraction of sp³-hybridized carbons (Fsp3) is 0.417. The van der Waals surface area contributed by atoms with Crippen LogP contribution in [0.4, 0.5) is 0 Å². The molecule has 0 atom stereocenters. The highest BCUT2D eigenvalue weighted by Crippen LogP contribution is 2.27. The van der Waals surface area contributed by atoms with Crippen molar-refractivity contribution in [3.63, 3.8) is 0 Å². The molecule has 76 valence electrons. The van der Waals surface area contributed by atoms with Crippen molar-refractivity contribution in [1.29, 1.82) is 0 Å². The molecule has 2 aromatic rings. The zero-order valence-corrected chi connectivity index (χ0v) is 10.1. The van der Waals surface area contributed by atoms with Crippen molar-refractivity contribution in [3.05, 3.63) is 29.3 Å². The monoisotopic (exact) mass is 207 g/mol. The van der Waals surface area contributed by atoms with E-state index in [1.165, 1.54) is 10.3 Å². The molecule has 0 saturated carbocycles. The summed E-state index contributed by atoms with van der Waals surface area (Å²) in [6.45, 7) is 8.43. The number of fused-ring (bicyclic) bond motifs is 1. The molecule has 14 heavy (non-hydrogen) atoms. The highest BCUT2D eigenvalue weighted by molar-refractivity contribution is 7.16. The summed E-state index contributed by atoms with van der Waals surface area (Å²) < 4.78 is 1.34. The molecule has 1 nitrogen and oxygen atoms in total. The summed E-state index contributed by atoms with van der Waals surface area (Å²) in [4.78, 5) is 4.28. The van der Waals surface area contributed by atoms with Gasteiger partial charge in [-0.2, -0.15) is 0 Å². The highest BCUT2D eigenvalue weighted by atomic mass is 32.1. The van der Waals surface area contributed by atoms with Crippen molar-refractivity contribution < 1.29 is 0 Å². The van der Waals surface area contributed by atoms with Gasteiger partial charge in [-0.3, -0.25) is 0 Å². The van der Waals surface area contributed by atoms with Gasteiger partial charge in [0.25, 0.3) is 0 Å². The second kappa shape index (κ2) is 5.11. The molecule has 0 bridgehead atoms. The zero-order valence-electron chi connectivity index (χ0n) is 9.24. The first-order chi connectivity index (χ1) is 6.79. The molecule has 1 aromatic heterocycles. The van der Waals surface area contributed by atoms with Crippen LogP contribution in [-0.2, 0) is 0 Å². The SMILES string of the molecule is CC.CC(C)c1cccc2ncsc12. The van der Waals surface area contributed by atoms with Gasteiger partial charge in [0, 0.05) is 0 Å². The number of hydrogen-bond donors (Lipinski definition) is 0. The third-order valence-electron chi connectivity index (χ3n) is 2.01. The summed E-state index contributed by atoms with van der Waals surface area (Å²) in [6.07, 6.45) is 0. The zero-order chi connectivity index (χ0) is 10.6. The smallest absolute Gasteiger partial charge is 0.0814 e. The van der Waals surface area contributed by atoms with Crippen LogP contribution in [-0.4, -0.2) is 4.98 Å². The van der Waals surface area contributed by atoms with Crippen molar-refractivity contribution in [2.24, 2.45) is 0 Å². The van der Waals surface area contributed by atoms with Crippen molar-refractivity contribution in [1.82, 2.24) is 4.98 Å². The lowest BCUT2D eigenvalue weighted by Crippen LogP contribution is -1.85. The minimum Gasteiger partial charge on any atom is -0.245 e. The van der Waals surface area contributed by atoms with Crippen molar-refractivity contribution in [2.45, 2.75) is 33.6 Å². The van der Waals surface area contributed by atoms with Gasteiger partial charge in [0.2, 0.25) is 0 Å². The average Bonchev–Trinajstić information content (AvgIpc) is 2.67. The summed E-state index contributed by atoms with van der Waals surface area (Å²) >= 11 is 1.73. The number of aromatic nitrogens is 1. The molecule has 0 N–H and O–H groups in total. The third-order valence-corrected chi connectivity index (χ3v) is 2.90. The molecule has 0 amide bonds. The second-order valence-electron chi connectivity index (χ2n) is 3.20. The number of nitrogens with zero attached hydrogens (tertiary/aromatic N) is 1. The Balaban J connectivity index is 0.000000461. The van der Waals surface area contributed by atoms with Gasteiger partial charge in [-0.25, -0.2) is 4.98 Å². The Morgan fingerprint density at radius 3 is 2.57 bits per heavy atom. The molecule has 0 unspecified atom stereocenters. The Morgan fingerprint density at radius 1 is 1.21 bits per heavy atom. The van der Waals surface area contributed by atoms with E-state index >= 15 is 0 Å². The minimum absolute atomic E-state index is 0.592. The van der Waals surface area contributed by atoms with E-state index in [1.54, 1.807) is 11.3 Å². The number of hydrogen-bond acceptors (Lipinski definition) is 2. The Kier molecular flexibility index (Phi) is 4.08. The van der Waals surface area contributed by atoms with Crippen molar-refractivity contribution in [2.75, 3.05) is 0 Å². The lowest BCUT2D eigenvalue weighted by Gasteiger charge is -2.04. The Morgan fingerprint density at radius 2 is 1.93 bits per heavy atom. The van der Waals surface area contributed by atoms with Crippen LogP contribution < -0.4 is 0 Å². The molecule has 0 radical (unpaired) electrons. The highest BCUT2D eigenvalue weighted by Gasteiger charge is 2.05. The predicted octanol–water partition coefficient (Wildman–Crippen LogP) is 4.45. The number of thiazole rings is 1. The van der Waals surface area contributed by atoms with E-state index < -0.39 is 0 Å². The molecule has 0 spiro atoms. The summed E-state index contributed by atoms with van der Waals surface area (Å²) in [6, 6.07) is 6.33. The van der Waals surface area contributed by atoms with Crippen molar-refractivity contribution >= 4 is 21.6 Å².